The Bertz CT molecular complexity index is 450. The minimum absolute atomic E-state index is 0.523. The van der Waals surface area contributed by atoms with Crippen molar-refractivity contribution in [2.45, 2.75) is 117 Å². The van der Waals surface area contributed by atoms with Crippen LogP contribution in [0.2, 0.25) is 0 Å². The van der Waals surface area contributed by atoms with E-state index >= 15 is 0 Å². The molecule has 1 aromatic rings. The zero-order valence-corrected chi connectivity index (χ0v) is 17.2. The number of rotatable bonds is 15. The van der Waals surface area contributed by atoms with Crippen molar-refractivity contribution in [1.82, 2.24) is 0 Å². The summed E-state index contributed by atoms with van der Waals surface area (Å²) in [7, 11) is 0. The van der Waals surface area contributed by atoms with Crippen LogP contribution in [-0.4, -0.2) is 5.11 Å². The summed E-state index contributed by atoms with van der Waals surface area (Å²) in [5, 5.41) is 10.2. The number of benzene rings is 1. The minimum atomic E-state index is 0.523. The summed E-state index contributed by atoms with van der Waals surface area (Å²) in [6, 6.07) is 4.23. The van der Waals surface area contributed by atoms with Crippen molar-refractivity contribution >= 4 is 0 Å². The summed E-state index contributed by atoms with van der Waals surface area (Å²) in [6.07, 6.45) is 20.5. The van der Waals surface area contributed by atoms with Gasteiger partial charge in [-0.2, -0.15) is 0 Å². The first-order valence-electron chi connectivity index (χ1n) is 10.9. The van der Waals surface area contributed by atoms with Crippen LogP contribution in [0.1, 0.15) is 114 Å². The molecule has 0 spiro atoms. The van der Waals surface area contributed by atoms with E-state index in [2.05, 4.69) is 26.0 Å². The summed E-state index contributed by atoms with van der Waals surface area (Å²) in [6.45, 7) is 6.36. The highest BCUT2D eigenvalue weighted by atomic mass is 16.3. The predicted octanol–water partition coefficient (Wildman–Crippen LogP) is 8.03. The van der Waals surface area contributed by atoms with Crippen LogP contribution < -0.4 is 0 Å². The molecule has 0 aliphatic rings. The second-order valence-corrected chi connectivity index (χ2v) is 7.86. The summed E-state index contributed by atoms with van der Waals surface area (Å²) in [4.78, 5) is 0. The van der Waals surface area contributed by atoms with Gasteiger partial charge in [-0.1, -0.05) is 103 Å². The lowest BCUT2D eigenvalue weighted by Crippen LogP contribution is -1.91. The van der Waals surface area contributed by atoms with E-state index in [-0.39, 0.29) is 0 Å². The number of aromatic hydroxyl groups is 1. The highest BCUT2D eigenvalue weighted by Gasteiger charge is 2.06. The van der Waals surface area contributed by atoms with Gasteiger partial charge < -0.3 is 5.11 Å². The zero-order valence-electron chi connectivity index (χ0n) is 17.2. The number of unbranched alkanes of at least 4 members (excludes halogenated alkanes) is 13. The molecule has 1 aromatic carbocycles. The van der Waals surface area contributed by atoms with Crippen LogP contribution in [0.25, 0.3) is 0 Å². The van der Waals surface area contributed by atoms with Gasteiger partial charge in [0.25, 0.3) is 0 Å². The number of aryl methyl sites for hydroxylation is 2. The molecule has 1 heteroatoms. The average molecular weight is 347 g/mol. The van der Waals surface area contributed by atoms with Crippen LogP contribution in [-0.2, 0) is 6.42 Å². The van der Waals surface area contributed by atoms with Crippen molar-refractivity contribution in [2.75, 3.05) is 0 Å². The van der Waals surface area contributed by atoms with Crippen LogP contribution >= 0.6 is 0 Å². The fraction of sp³-hybridized carbons (Fsp3) is 0.750. The molecule has 0 aliphatic heterocycles. The third-order valence-electron chi connectivity index (χ3n) is 5.59. The van der Waals surface area contributed by atoms with Gasteiger partial charge in [0.05, 0.1) is 0 Å². The van der Waals surface area contributed by atoms with Gasteiger partial charge in [0.1, 0.15) is 5.75 Å². The standard InChI is InChI=1S/C24H42O/c1-4-5-6-7-8-9-10-11-12-13-14-15-16-17-18-23-20-19-21(2)22(3)24(23)25/h19-20,25H,4-18H2,1-3H3. The van der Waals surface area contributed by atoms with Crippen molar-refractivity contribution in [3.05, 3.63) is 28.8 Å². The SMILES string of the molecule is CCCCCCCCCCCCCCCCc1ccc(C)c(C)c1O. The van der Waals surface area contributed by atoms with Gasteiger partial charge in [0, 0.05) is 0 Å². The van der Waals surface area contributed by atoms with E-state index in [0.29, 0.717) is 5.75 Å². The van der Waals surface area contributed by atoms with Gasteiger partial charge in [-0.25, -0.2) is 0 Å². The molecular weight excluding hydrogens is 304 g/mol. The first-order chi connectivity index (χ1) is 12.2. The molecule has 0 saturated heterocycles. The quantitative estimate of drug-likeness (QED) is 0.319. The Morgan fingerprint density at radius 1 is 0.640 bits per heavy atom. The van der Waals surface area contributed by atoms with Crippen LogP contribution in [0.4, 0.5) is 0 Å². The first-order valence-corrected chi connectivity index (χ1v) is 10.9. The summed E-state index contributed by atoms with van der Waals surface area (Å²) in [5.41, 5.74) is 3.35. The molecule has 0 radical (unpaired) electrons. The maximum Gasteiger partial charge on any atom is 0.121 e. The van der Waals surface area contributed by atoms with E-state index in [0.717, 1.165) is 17.5 Å². The highest BCUT2D eigenvalue weighted by molar-refractivity contribution is 5.44. The van der Waals surface area contributed by atoms with E-state index in [9.17, 15) is 5.11 Å². The van der Waals surface area contributed by atoms with E-state index in [1.165, 1.54) is 95.5 Å². The molecule has 1 nitrogen and oxygen atoms in total. The van der Waals surface area contributed by atoms with E-state index in [4.69, 9.17) is 0 Å². The molecule has 0 amide bonds. The first kappa shape index (κ1) is 22.1. The van der Waals surface area contributed by atoms with Crippen LogP contribution in [0.3, 0.4) is 0 Å². The van der Waals surface area contributed by atoms with Crippen LogP contribution in [0.15, 0.2) is 12.1 Å². The van der Waals surface area contributed by atoms with Crippen LogP contribution in [0.5, 0.6) is 5.75 Å². The Morgan fingerprint density at radius 3 is 1.56 bits per heavy atom. The van der Waals surface area contributed by atoms with Crippen molar-refractivity contribution < 1.29 is 5.11 Å². The molecule has 144 valence electrons. The largest absolute Gasteiger partial charge is 0.507 e. The number of phenolic OH excluding ortho intramolecular Hbond substituents is 1. The maximum atomic E-state index is 10.2. The summed E-state index contributed by atoms with van der Waals surface area (Å²) in [5.74, 6) is 0.523. The molecule has 0 fully saturated rings. The Morgan fingerprint density at radius 2 is 1.08 bits per heavy atom. The van der Waals surface area contributed by atoms with Gasteiger partial charge in [0.2, 0.25) is 0 Å². The topological polar surface area (TPSA) is 20.2 Å². The molecule has 25 heavy (non-hydrogen) atoms. The van der Waals surface area contributed by atoms with Gasteiger partial charge >= 0.3 is 0 Å². The van der Waals surface area contributed by atoms with E-state index < -0.39 is 0 Å². The second-order valence-electron chi connectivity index (χ2n) is 7.86. The van der Waals surface area contributed by atoms with Crippen molar-refractivity contribution in [1.29, 1.82) is 0 Å². The molecule has 0 unspecified atom stereocenters. The Hall–Kier alpha value is -0.980. The second kappa shape index (κ2) is 14.2. The van der Waals surface area contributed by atoms with Crippen molar-refractivity contribution in [3.63, 3.8) is 0 Å². The lowest BCUT2D eigenvalue weighted by Gasteiger charge is -2.09. The lowest BCUT2D eigenvalue weighted by atomic mass is 9.99. The molecule has 1 N–H and O–H groups in total. The monoisotopic (exact) mass is 346 g/mol. The normalized spacial score (nSPS) is 11.2. The fourth-order valence-electron chi connectivity index (χ4n) is 3.57. The molecule has 0 atom stereocenters. The molecule has 1 rings (SSSR count). The Kier molecular flexibility index (Phi) is 12.5. The highest BCUT2D eigenvalue weighted by Crippen LogP contribution is 2.26. The third kappa shape index (κ3) is 9.92. The van der Waals surface area contributed by atoms with Gasteiger partial charge in [-0.05, 0) is 43.4 Å². The molecule has 0 aliphatic carbocycles. The Labute approximate surface area is 157 Å². The molecule has 0 saturated carbocycles. The minimum Gasteiger partial charge on any atom is -0.507 e. The zero-order chi connectivity index (χ0) is 18.3. The predicted molar refractivity (Wildman–Crippen MR) is 112 cm³/mol. The molecule has 0 bridgehead atoms. The Balaban J connectivity index is 1.90. The lowest BCUT2D eigenvalue weighted by molar-refractivity contribution is 0.461. The van der Waals surface area contributed by atoms with E-state index in [1.54, 1.807) is 0 Å². The van der Waals surface area contributed by atoms with Crippen molar-refractivity contribution in [3.8, 4) is 5.75 Å². The summed E-state index contributed by atoms with van der Waals surface area (Å²) >= 11 is 0. The summed E-state index contributed by atoms with van der Waals surface area (Å²) < 4.78 is 0. The number of phenols is 1. The van der Waals surface area contributed by atoms with Crippen molar-refractivity contribution in [2.24, 2.45) is 0 Å². The fourth-order valence-corrected chi connectivity index (χ4v) is 3.57. The maximum absolute atomic E-state index is 10.2. The smallest absolute Gasteiger partial charge is 0.121 e. The molecule has 0 heterocycles. The van der Waals surface area contributed by atoms with Crippen LogP contribution in [0, 0.1) is 13.8 Å². The van der Waals surface area contributed by atoms with Gasteiger partial charge in [-0.15, -0.1) is 0 Å². The average Bonchev–Trinajstić information content (AvgIpc) is 2.61. The van der Waals surface area contributed by atoms with Gasteiger partial charge in [0.15, 0.2) is 0 Å². The third-order valence-corrected chi connectivity index (χ3v) is 5.59. The number of hydrogen-bond acceptors (Lipinski definition) is 1. The molecular formula is C24H42O. The number of hydrogen-bond donors (Lipinski definition) is 1. The van der Waals surface area contributed by atoms with E-state index in [1.807, 2.05) is 6.92 Å². The molecule has 0 aromatic heterocycles. The van der Waals surface area contributed by atoms with Gasteiger partial charge in [-0.3, -0.25) is 0 Å².